The molecule has 2 aromatic carbocycles. The summed E-state index contributed by atoms with van der Waals surface area (Å²) in [5, 5.41) is 10.7. The largest absolute Gasteiger partial charge is 0.328 e. The predicted octanol–water partition coefficient (Wildman–Crippen LogP) is 3.04. The highest BCUT2D eigenvalue weighted by Gasteiger charge is 2.31. The molecule has 134 valence electrons. The number of hydrogen-bond acceptors (Lipinski definition) is 5. The first kappa shape index (κ1) is 19.3. The third-order valence-electron chi connectivity index (χ3n) is 3.49. The van der Waals surface area contributed by atoms with Gasteiger partial charge in [0.15, 0.2) is 0 Å². The first-order valence-corrected chi connectivity index (χ1v) is 9.35. The highest BCUT2D eigenvalue weighted by molar-refractivity contribution is 9.10. The van der Waals surface area contributed by atoms with Crippen molar-refractivity contribution in [2.75, 3.05) is 10.8 Å². The molecule has 0 aliphatic carbocycles. The molecule has 0 saturated heterocycles. The van der Waals surface area contributed by atoms with Crippen LogP contribution in [0.15, 0.2) is 51.8 Å². The van der Waals surface area contributed by atoms with Crippen LogP contribution in [0.4, 0.5) is 15.8 Å². The maximum absolute atomic E-state index is 14.3. The molecular weight excluding hydrogens is 417 g/mol. The summed E-state index contributed by atoms with van der Waals surface area (Å²) in [7, 11) is -4.18. The zero-order chi connectivity index (χ0) is 18.8. The minimum absolute atomic E-state index is 0.0435. The van der Waals surface area contributed by atoms with Gasteiger partial charge in [0.2, 0.25) is 0 Å². The van der Waals surface area contributed by atoms with E-state index in [0.29, 0.717) is 4.47 Å². The average Bonchev–Trinajstić information content (AvgIpc) is 2.57. The van der Waals surface area contributed by atoms with Gasteiger partial charge < -0.3 is 5.73 Å². The molecule has 2 N–H and O–H groups in total. The van der Waals surface area contributed by atoms with Gasteiger partial charge in [-0.2, -0.15) is 0 Å². The Balaban J connectivity index is 2.60. The third kappa shape index (κ3) is 3.97. The first-order valence-electron chi connectivity index (χ1n) is 7.12. The maximum atomic E-state index is 14.3. The topological polar surface area (TPSA) is 107 Å². The van der Waals surface area contributed by atoms with Crippen LogP contribution in [-0.4, -0.2) is 25.9 Å². The van der Waals surface area contributed by atoms with E-state index in [4.69, 9.17) is 5.73 Å². The Morgan fingerprint density at radius 1 is 1.28 bits per heavy atom. The van der Waals surface area contributed by atoms with Gasteiger partial charge in [-0.05, 0) is 37.3 Å². The van der Waals surface area contributed by atoms with Crippen molar-refractivity contribution in [1.29, 1.82) is 0 Å². The molecule has 25 heavy (non-hydrogen) atoms. The zero-order valence-electron chi connectivity index (χ0n) is 13.1. The molecule has 0 bridgehead atoms. The van der Waals surface area contributed by atoms with Crippen molar-refractivity contribution < 1.29 is 17.7 Å². The molecule has 2 aromatic rings. The summed E-state index contributed by atoms with van der Waals surface area (Å²) in [6.45, 7) is 1.50. The lowest BCUT2D eigenvalue weighted by atomic mass is 10.2. The quantitative estimate of drug-likeness (QED) is 0.558. The van der Waals surface area contributed by atoms with Gasteiger partial charge in [0.1, 0.15) is 5.82 Å². The fourth-order valence-corrected chi connectivity index (χ4v) is 4.22. The van der Waals surface area contributed by atoms with E-state index in [1.807, 2.05) is 0 Å². The van der Waals surface area contributed by atoms with Crippen molar-refractivity contribution in [1.82, 2.24) is 0 Å². The van der Waals surface area contributed by atoms with Gasteiger partial charge >= 0.3 is 0 Å². The van der Waals surface area contributed by atoms with Gasteiger partial charge in [0.25, 0.3) is 15.7 Å². The number of anilines is 1. The van der Waals surface area contributed by atoms with E-state index in [2.05, 4.69) is 15.9 Å². The van der Waals surface area contributed by atoms with Crippen LogP contribution >= 0.6 is 15.9 Å². The molecule has 2 rings (SSSR count). The summed E-state index contributed by atoms with van der Waals surface area (Å²) in [4.78, 5) is 9.90. The van der Waals surface area contributed by atoms with Gasteiger partial charge in [-0.1, -0.05) is 15.9 Å². The molecule has 0 aromatic heterocycles. The van der Waals surface area contributed by atoms with Crippen LogP contribution in [0, 0.1) is 15.9 Å². The standard InChI is InChI=1S/C15H15BrFN3O4S/c1-10(9-18)19(15-8-11(16)2-7-14(15)17)25(23,24)13-5-3-12(4-6-13)20(21)22/h2-8,10H,9,18H2,1H3/t10-/m0/s1. The van der Waals surface area contributed by atoms with Crippen molar-refractivity contribution in [3.63, 3.8) is 0 Å². The molecule has 1 atom stereocenters. The SMILES string of the molecule is C[C@@H](CN)N(c1cc(Br)ccc1F)S(=O)(=O)c1ccc([N+](=O)[O-])cc1. The van der Waals surface area contributed by atoms with Crippen LogP contribution in [0.5, 0.6) is 0 Å². The van der Waals surface area contributed by atoms with Crippen LogP contribution < -0.4 is 10.0 Å². The summed E-state index contributed by atoms with van der Waals surface area (Å²) >= 11 is 3.19. The second kappa shape index (κ2) is 7.46. The van der Waals surface area contributed by atoms with Gasteiger partial charge in [0.05, 0.1) is 21.5 Å². The number of rotatable bonds is 6. The van der Waals surface area contributed by atoms with Gasteiger partial charge in [0, 0.05) is 23.2 Å². The summed E-state index contributed by atoms with van der Waals surface area (Å²) in [5.41, 5.74) is 5.20. The van der Waals surface area contributed by atoms with E-state index in [-0.39, 0.29) is 22.8 Å². The highest BCUT2D eigenvalue weighted by atomic mass is 79.9. The maximum Gasteiger partial charge on any atom is 0.269 e. The Kier molecular flexibility index (Phi) is 5.76. The number of nitrogens with two attached hydrogens (primary N) is 1. The fraction of sp³-hybridized carbons (Fsp3) is 0.200. The van der Waals surface area contributed by atoms with Gasteiger partial charge in [-0.25, -0.2) is 12.8 Å². The Morgan fingerprint density at radius 3 is 2.40 bits per heavy atom. The number of benzene rings is 2. The second-order valence-electron chi connectivity index (χ2n) is 5.23. The summed E-state index contributed by atoms with van der Waals surface area (Å²) in [5.74, 6) is -0.728. The molecule has 0 aliphatic rings. The van der Waals surface area contributed by atoms with Crippen molar-refractivity contribution >= 4 is 37.3 Å². The van der Waals surface area contributed by atoms with E-state index in [9.17, 15) is 22.9 Å². The number of non-ortho nitro benzene ring substituents is 1. The monoisotopic (exact) mass is 431 g/mol. The molecule has 0 heterocycles. The molecule has 0 aliphatic heterocycles. The summed E-state index contributed by atoms with van der Waals surface area (Å²) in [6.07, 6.45) is 0. The van der Waals surface area contributed by atoms with Crippen LogP contribution in [-0.2, 0) is 10.0 Å². The molecule has 0 fully saturated rings. The second-order valence-corrected chi connectivity index (χ2v) is 7.96. The number of nitro groups is 1. The molecule has 0 amide bonds. The highest BCUT2D eigenvalue weighted by Crippen LogP contribution is 2.31. The molecule has 0 radical (unpaired) electrons. The lowest BCUT2D eigenvalue weighted by molar-refractivity contribution is -0.384. The number of sulfonamides is 1. The minimum Gasteiger partial charge on any atom is -0.328 e. The summed E-state index contributed by atoms with van der Waals surface area (Å²) in [6, 6.07) is 7.57. The van der Waals surface area contributed by atoms with Gasteiger partial charge in [-0.3, -0.25) is 14.4 Å². The van der Waals surface area contributed by atoms with E-state index in [0.717, 1.165) is 34.6 Å². The third-order valence-corrected chi connectivity index (χ3v) is 5.93. The van der Waals surface area contributed by atoms with Crippen LogP contribution in [0.1, 0.15) is 6.92 Å². The molecular formula is C15H15BrFN3O4S. The van der Waals surface area contributed by atoms with E-state index < -0.39 is 26.8 Å². The molecule has 7 nitrogen and oxygen atoms in total. The van der Waals surface area contributed by atoms with Crippen LogP contribution in [0.3, 0.4) is 0 Å². The lowest BCUT2D eigenvalue weighted by Crippen LogP contribution is -2.43. The Bertz CT molecular complexity index is 890. The molecule has 0 saturated carbocycles. The fourth-order valence-electron chi connectivity index (χ4n) is 2.21. The van der Waals surface area contributed by atoms with Crippen molar-refractivity contribution in [3.8, 4) is 0 Å². The molecule has 10 heteroatoms. The van der Waals surface area contributed by atoms with Crippen molar-refractivity contribution in [3.05, 3.63) is 62.9 Å². The van der Waals surface area contributed by atoms with E-state index in [1.54, 1.807) is 6.92 Å². The number of nitrogens with zero attached hydrogens (tertiary/aromatic N) is 2. The number of hydrogen-bond donors (Lipinski definition) is 1. The van der Waals surface area contributed by atoms with Crippen LogP contribution in [0.25, 0.3) is 0 Å². The molecule has 0 unspecified atom stereocenters. The minimum atomic E-state index is -4.18. The Hall–Kier alpha value is -2.04. The normalized spacial score (nSPS) is 12.6. The van der Waals surface area contributed by atoms with Gasteiger partial charge in [-0.15, -0.1) is 0 Å². The summed E-state index contributed by atoms with van der Waals surface area (Å²) < 4.78 is 41.6. The van der Waals surface area contributed by atoms with E-state index >= 15 is 0 Å². The van der Waals surface area contributed by atoms with Crippen molar-refractivity contribution in [2.45, 2.75) is 17.9 Å². The zero-order valence-corrected chi connectivity index (χ0v) is 15.5. The Morgan fingerprint density at radius 2 is 1.88 bits per heavy atom. The number of nitro benzene ring substituents is 1. The van der Waals surface area contributed by atoms with Crippen LogP contribution in [0.2, 0.25) is 0 Å². The Labute approximate surface area is 152 Å². The lowest BCUT2D eigenvalue weighted by Gasteiger charge is -2.30. The average molecular weight is 432 g/mol. The predicted molar refractivity (Wildman–Crippen MR) is 95.4 cm³/mol. The van der Waals surface area contributed by atoms with E-state index in [1.165, 1.54) is 12.1 Å². The smallest absolute Gasteiger partial charge is 0.269 e. The molecule has 0 spiro atoms. The first-order chi connectivity index (χ1) is 11.7. The number of halogens is 2. The van der Waals surface area contributed by atoms with Crippen molar-refractivity contribution in [2.24, 2.45) is 5.73 Å².